The number of aromatic nitrogens is 2. The second-order valence-electron chi connectivity index (χ2n) is 8.37. The summed E-state index contributed by atoms with van der Waals surface area (Å²) < 4.78 is 15.8. The fourth-order valence-corrected chi connectivity index (χ4v) is 4.63. The first-order valence-electron chi connectivity index (χ1n) is 11.1. The van der Waals surface area contributed by atoms with Crippen molar-refractivity contribution in [3.63, 3.8) is 0 Å². The highest BCUT2D eigenvalue weighted by molar-refractivity contribution is 6.05. The maximum absolute atomic E-state index is 14.0. The van der Waals surface area contributed by atoms with Crippen LogP contribution in [0.3, 0.4) is 0 Å². The predicted octanol–water partition coefficient (Wildman–Crippen LogP) is 4.98. The fourth-order valence-electron chi connectivity index (χ4n) is 4.63. The van der Waals surface area contributed by atoms with Crippen LogP contribution in [0.25, 0.3) is 11.0 Å². The number of para-hydroxylation sites is 3. The second kappa shape index (κ2) is 8.57. The van der Waals surface area contributed by atoms with Crippen molar-refractivity contribution in [3.05, 3.63) is 66.0 Å². The van der Waals surface area contributed by atoms with Gasteiger partial charge in [0.1, 0.15) is 11.9 Å². The zero-order valence-corrected chi connectivity index (χ0v) is 17.8. The number of hydrogen-bond acceptors (Lipinski definition) is 3. The molecule has 5 rings (SSSR count). The maximum atomic E-state index is 14.0. The summed E-state index contributed by atoms with van der Waals surface area (Å²) in [6.45, 7) is 0.541. The van der Waals surface area contributed by atoms with Crippen molar-refractivity contribution in [2.24, 2.45) is 0 Å². The summed E-state index contributed by atoms with van der Waals surface area (Å²) in [6.07, 6.45) is 7.60. The number of benzene rings is 2. The predicted molar refractivity (Wildman–Crippen MR) is 122 cm³/mol. The van der Waals surface area contributed by atoms with E-state index in [1.54, 1.807) is 17.0 Å². The molecule has 0 saturated heterocycles. The van der Waals surface area contributed by atoms with Crippen LogP contribution < -0.4 is 10.2 Å². The standard InChI is InChI=1S/C25H25FN4O2/c26-18-10-4-5-11-19(18)27-23(31)16-22-24(32)29(15-14-17-8-2-1-3-9-17)25-28-20-12-6-7-13-21(20)30(22)25/h4-8,10-13,22H,1-3,9,14-16H2,(H,27,31)/t22-/m1/s1. The minimum absolute atomic E-state index is 0.0836. The Hall–Kier alpha value is -3.48. The summed E-state index contributed by atoms with van der Waals surface area (Å²) in [6, 6.07) is 12.9. The first-order chi connectivity index (χ1) is 15.6. The van der Waals surface area contributed by atoms with Crippen LogP contribution in [0.15, 0.2) is 60.2 Å². The van der Waals surface area contributed by atoms with Gasteiger partial charge in [-0.2, -0.15) is 0 Å². The minimum atomic E-state index is -0.704. The SMILES string of the molecule is O=C(C[C@@H]1C(=O)N(CCC2=CCCCC2)c2nc3ccccc3n21)Nc1ccccc1F. The molecule has 0 spiro atoms. The Labute approximate surface area is 185 Å². The Bertz CT molecular complexity index is 1220. The van der Waals surface area contributed by atoms with Gasteiger partial charge in [0.15, 0.2) is 0 Å². The first-order valence-corrected chi connectivity index (χ1v) is 11.1. The number of nitrogens with one attached hydrogen (secondary N) is 1. The number of rotatable bonds is 6. The van der Waals surface area contributed by atoms with Gasteiger partial charge in [-0.3, -0.25) is 19.1 Å². The van der Waals surface area contributed by atoms with Crippen LogP contribution >= 0.6 is 0 Å². The molecule has 32 heavy (non-hydrogen) atoms. The van der Waals surface area contributed by atoms with Gasteiger partial charge in [-0.05, 0) is 56.4 Å². The van der Waals surface area contributed by atoms with E-state index in [4.69, 9.17) is 4.98 Å². The molecular formula is C25H25FN4O2. The van der Waals surface area contributed by atoms with Gasteiger partial charge in [0.2, 0.25) is 11.9 Å². The zero-order chi connectivity index (χ0) is 22.1. The van der Waals surface area contributed by atoms with Gasteiger partial charge < -0.3 is 5.32 Å². The molecule has 1 aliphatic heterocycles. The molecule has 0 fully saturated rings. The molecule has 2 heterocycles. The largest absolute Gasteiger partial charge is 0.324 e. The van der Waals surface area contributed by atoms with Crippen LogP contribution in [0, 0.1) is 5.82 Å². The Kier molecular flexibility index (Phi) is 5.47. The van der Waals surface area contributed by atoms with Gasteiger partial charge in [0, 0.05) is 6.54 Å². The molecule has 1 N–H and O–H groups in total. The van der Waals surface area contributed by atoms with Crippen LogP contribution in [0.4, 0.5) is 16.0 Å². The van der Waals surface area contributed by atoms with E-state index in [9.17, 15) is 14.0 Å². The quantitative estimate of drug-likeness (QED) is 0.559. The molecule has 0 bridgehead atoms. The van der Waals surface area contributed by atoms with E-state index >= 15 is 0 Å². The highest BCUT2D eigenvalue weighted by Crippen LogP contribution is 2.37. The highest BCUT2D eigenvalue weighted by Gasteiger charge is 2.40. The van der Waals surface area contributed by atoms with E-state index in [-0.39, 0.29) is 18.0 Å². The lowest BCUT2D eigenvalue weighted by atomic mass is 9.97. The van der Waals surface area contributed by atoms with Crippen molar-refractivity contribution in [1.82, 2.24) is 9.55 Å². The van der Waals surface area contributed by atoms with Gasteiger partial charge in [0.05, 0.1) is 23.1 Å². The van der Waals surface area contributed by atoms with E-state index in [1.807, 2.05) is 28.8 Å². The molecule has 0 saturated carbocycles. The first kappa shape index (κ1) is 20.4. The van der Waals surface area contributed by atoms with Gasteiger partial charge in [0.25, 0.3) is 5.91 Å². The molecule has 2 amide bonds. The van der Waals surface area contributed by atoms with Crippen LogP contribution in [0.2, 0.25) is 0 Å². The molecule has 1 aliphatic carbocycles. The number of carbonyl (C=O) groups excluding carboxylic acids is 2. The molecule has 1 atom stereocenters. The molecule has 164 valence electrons. The fraction of sp³-hybridized carbons (Fsp3) is 0.320. The number of imidazole rings is 1. The van der Waals surface area contributed by atoms with Gasteiger partial charge in [-0.1, -0.05) is 35.9 Å². The number of allylic oxidation sites excluding steroid dienone is 1. The van der Waals surface area contributed by atoms with E-state index in [0.717, 1.165) is 30.3 Å². The summed E-state index contributed by atoms with van der Waals surface area (Å²) >= 11 is 0. The molecule has 1 aromatic heterocycles. The molecule has 2 aromatic carbocycles. The van der Waals surface area contributed by atoms with Gasteiger partial charge >= 0.3 is 0 Å². The lowest BCUT2D eigenvalue weighted by molar-refractivity contribution is -0.124. The van der Waals surface area contributed by atoms with Crippen molar-refractivity contribution in [2.75, 3.05) is 16.8 Å². The molecule has 7 heteroatoms. The van der Waals surface area contributed by atoms with Crippen LogP contribution in [0.5, 0.6) is 0 Å². The van der Waals surface area contributed by atoms with Crippen LogP contribution in [-0.4, -0.2) is 27.9 Å². The van der Waals surface area contributed by atoms with E-state index in [0.29, 0.717) is 12.5 Å². The topological polar surface area (TPSA) is 67.2 Å². The van der Waals surface area contributed by atoms with Gasteiger partial charge in [-0.15, -0.1) is 0 Å². The van der Waals surface area contributed by atoms with Crippen molar-refractivity contribution in [2.45, 2.75) is 44.6 Å². The summed E-state index contributed by atoms with van der Waals surface area (Å²) in [4.78, 5) is 32.5. The van der Waals surface area contributed by atoms with Crippen LogP contribution in [0.1, 0.15) is 44.6 Å². The Morgan fingerprint density at radius 1 is 1.12 bits per heavy atom. The minimum Gasteiger partial charge on any atom is -0.324 e. The molecule has 0 radical (unpaired) electrons. The van der Waals surface area contributed by atoms with Crippen molar-refractivity contribution in [3.8, 4) is 0 Å². The summed E-state index contributed by atoms with van der Waals surface area (Å²) in [5, 5.41) is 2.60. The zero-order valence-electron chi connectivity index (χ0n) is 17.8. The number of carbonyl (C=O) groups is 2. The smallest absolute Gasteiger partial charge is 0.253 e. The normalized spacial score (nSPS) is 18.0. The Balaban J connectivity index is 1.41. The van der Waals surface area contributed by atoms with Crippen molar-refractivity contribution >= 4 is 34.5 Å². The number of nitrogens with zero attached hydrogens (tertiary/aromatic N) is 3. The van der Waals surface area contributed by atoms with Crippen molar-refractivity contribution < 1.29 is 14.0 Å². The van der Waals surface area contributed by atoms with E-state index < -0.39 is 17.8 Å². The third kappa shape index (κ3) is 3.79. The average molecular weight is 432 g/mol. The van der Waals surface area contributed by atoms with Crippen molar-refractivity contribution in [1.29, 1.82) is 0 Å². The van der Waals surface area contributed by atoms with E-state index in [2.05, 4.69) is 11.4 Å². The third-order valence-corrected chi connectivity index (χ3v) is 6.25. The summed E-state index contributed by atoms with van der Waals surface area (Å²) in [7, 11) is 0. The third-order valence-electron chi connectivity index (χ3n) is 6.25. The molecule has 6 nitrogen and oxygen atoms in total. The second-order valence-corrected chi connectivity index (χ2v) is 8.37. The number of halogens is 1. The number of hydrogen-bond donors (Lipinski definition) is 1. The average Bonchev–Trinajstić information content (AvgIpc) is 3.29. The molecular weight excluding hydrogens is 407 g/mol. The Morgan fingerprint density at radius 2 is 1.94 bits per heavy atom. The Morgan fingerprint density at radius 3 is 2.75 bits per heavy atom. The molecule has 3 aromatic rings. The maximum Gasteiger partial charge on any atom is 0.253 e. The molecule has 2 aliphatic rings. The summed E-state index contributed by atoms with van der Waals surface area (Å²) in [5.74, 6) is -0.474. The van der Waals surface area contributed by atoms with E-state index in [1.165, 1.54) is 30.5 Å². The number of fused-ring (bicyclic) bond motifs is 3. The van der Waals surface area contributed by atoms with Crippen LogP contribution in [-0.2, 0) is 9.59 Å². The summed E-state index contributed by atoms with van der Waals surface area (Å²) in [5.41, 5.74) is 3.10. The lowest BCUT2D eigenvalue weighted by Crippen LogP contribution is -2.32. The lowest BCUT2D eigenvalue weighted by Gasteiger charge is -2.18. The number of amides is 2. The molecule has 0 unspecified atom stereocenters. The highest BCUT2D eigenvalue weighted by atomic mass is 19.1. The number of anilines is 2. The van der Waals surface area contributed by atoms with Gasteiger partial charge in [-0.25, -0.2) is 9.37 Å². The monoisotopic (exact) mass is 432 g/mol.